The van der Waals surface area contributed by atoms with Crippen molar-refractivity contribution in [2.24, 2.45) is 5.10 Å². The quantitative estimate of drug-likeness (QED) is 0.112. The Morgan fingerprint density at radius 1 is 0.980 bits per heavy atom. The van der Waals surface area contributed by atoms with Crippen molar-refractivity contribution in [3.63, 3.8) is 0 Å². The van der Waals surface area contributed by atoms with Crippen molar-refractivity contribution in [2.75, 3.05) is 26.3 Å². The molecule has 4 amide bonds. The Labute approximate surface area is 285 Å². The van der Waals surface area contributed by atoms with Gasteiger partial charge in [-0.1, -0.05) is 31.2 Å². The standard InChI is InChI=1S/C34H40N6O8S/c1-3-26(21-37-40-34(44)36-17-15-23-7-11-27(12-8-23)48-22-32(42)35-4-2)39-33(43)25-9-5-24(6-10-25)20-38-49(45,46)28-13-14-31-29(19-28)30(41)16-18-47-31/h5-14,19,21,26,38H,3-4,15-18,20,22H2,1-2H3,(H,35,42)(H,39,43)(H2,36,40,44)/b37-21-/t26-/m0/s1. The number of carbonyl (C=O) groups excluding carboxylic acids is 4. The molecular weight excluding hydrogens is 652 g/mol. The van der Waals surface area contributed by atoms with Crippen LogP contribution in [0.1, 0.15) is 58.5 Å². The second-order valence-electron chi connectivity index (χ2n) is 11.0. The predicted octanol–water partition coefficient (Wildman–Crippen LogP) is 2.68. The van der Waals surface area contributed by atoms with Crippen molar-refractivity contribution >= 4 is 39.9 Å². The lowest BCUT2D eigenvalue weighted by atomic mass is 10.1. The Bertz CT molecular complexity index is 1760. The van der Waals surface area contributed by atoms with Gasteiger partial charge in [-0.15, -0.1) is 0 Å². The molecule has 0 aliphatic carbocycles. The van der Waals surface area contributed by atoms with Crippen LogP contribution in [0.4, 0.5) is 4.79 Å². The second kappa shape index (κ2) is 17.8. The highest BCUT2D eigenvalue weighted by Gasteiger charge is 2.23. The van der Waals surface area contributed by atoms with Crippen LogP contribution in [-0.2, 0) is 27.8 Å². The van der Waals surface area contributed by atoms with Crippen molar-refractivity contribution < 1.29 is 37.1 Å². The van der Waals surface area contributed by atoms with E-state index in [0.717, 1.165) is 5.56 Å². The fourth-order valence-electron chi connectivity index (χ4n) is 4.64. The number of ketones is 1. The number of likely N-dealkylation sites (N-methyl/N-ethyl adjacent to an activating group) is 1. The van der Waals surface area contributed by atoms with Crippen LogP contribution in [-0.4, -0.2) is 70.6 Å². The number of urea groups is 1. The summed E-state index contributed by atoms with van der Waals surface area (Å²) in [6.07, 6.45) is 2.71. The Morgan fingerprint density at radius 2 is 1.71 bits per heavy atom. The first-order chi connectivity index (χ1) is 23.6. The summed E-state index contributed by atoms with van der Waals surface area (Å²) >= 11 is 0. The molecule has 3 aromatic rings. The maximum Gasteiger partial charge on any atom is 0.335 e. The maximum absolute atomic E-state index is 12.8. The fourth-order valence-corrected chi connectivity index (χ4v) is 5.68. The van der Waals surface area contributed by atoms with Crippen LogP contribution in [0.2, 0.25) is 0 Å². The molecule has 15 heteroatoms. The number of sulfonamides is 1. The highest BCUT2D eigenvalue weighted by molar-refractivity contribution is 7.89. The third-order valence-corrected chi connectivity index (χ3v) is 8.77. The molecule has 1 atom stereocenters. The third kappa shape index (κ3) is 11.1. The molecule has 0 spiro atoms. The van der Waals surface area contributed by atoms with E-state index in [1.165, 1.54) is 24.4 Å². The lowest BCUT2D eigenvalue weighted by molar-refractivity contribution is -0.122. The van der Waals surface area contributed by atoms with Crippen LogP contribution in [0.25, 0.3) is 0 Å². The third-order valence-electron chi connectivity index (χ3n) is 7.37. The first-order valence-electron chi connectivity index (χ1n) is 15.8. The van der Waals surface area contributed by atoms with Crippen molar-refractivity contribution in [2.45, 2.75) is 50.6 Å². The number of carbonyl (C=O) groups is 4. The number of amides is 4. The monoisotopic (exact) mass is 692 g/mol. The van der Waals surface area contributed by atoms with Gasteiger partial charge < -0.3 is 25.4 Å². The van der Waals surface area contributed by atoms with E-state index in [1.54, 1.807) is 36.4 Å². The number of fused-ring (bicyclic) bond motifs is 1. The first-order valence-corrected chi connectivity index (χ1v) is 17.3. The van der Waals surface area contributed by atoms with Gasteiger partial charge in [-0.2, -0.15) is 5.10 Å². The summed E-state index contributed by atoms with van der Waals surface area (Å²) in [5.74, 6) is 0.225. The number of nitrogens with zero attached hydrogens (tertiary/aromatic N) is 1. The van der Waals surface area contributed by atoms with Gasteiger partial charge in [0.2, 0.25) is 10.0 Å². The predicted molar refractivity (Wildman–Crippen MR) is 182 cm³/mol. The SMILES string of the molecule is CCNC(=O)COc1ccc(CCNC(=O)N/N=C\[C@H](CC)NC(=O)c2ccc(CNS(=O)(=O)c3ccc4c(c3)C(=O)CCO4)cc2)cc1. The van der Waals surface area contributed by atoms with E-state index in [0.29, 0.717) is 48.6 Å². The molecule has 0 saturated heterocycles. The Hall–Kier alpha value is -5.28. The highest BCUT2D eigenvalue weighted by Crippen LogP contribution is 2.27. The first kappa shape index (κ1) is 36.6. The van der Waals surface area contributed by atoms with Gasteiger partial charge in [-0.3, -0.25) is 14.4 Å². The molecule has 0 unspecified atom stereocenters. The number of ether oxygens (including phenoxy) is 2. The number of rotatable bonds is 16. The minimum Gasteiger partial charge on any atom is -0.492 e. The average molecular weight is 693 g/mol. The van der Waals surface area contributed by atoms with Crippen LogP contribution in [0.5, 0.6) is 11.5 Å². The molecule has 0 bridgehead atoms. The number of benzene rings is 3. The molecular formula is C34H40N6O8S. The zero-order valence-electron chi connectivity index (χ0n) is 27.3. The summed E-state index contributed by atoms with van der Waals surface area (Å²) in [6, 6.07) is 16.9. The molecule has 5 N–H and O–H groups in total. The van der Waals surface area contributed by atoms with Crippen LogP contribution in [0.15, 0.2) is 76.7 Å². The van der Waals surface area contributed by atoms with Gasteiger partial charge in [-0.05, 0) is 73.4 Å². The minimum absolute atomic E-state index is 0.0224. The number of hydrogen-bond donors (Lipinski definition) is 5. The van der Waals surface area contributed by atoms with E-state index in [9.17, 15) is 27.6 Å². The fraction of sp³-hybridized carbons (Fsp3) is 0.324. The Balaban J connectivity index is 1.17. The zero-order chi connectivity index (χ0) is 35.2. The van der Waals surface area contributed by atoms with Crippen molar-refractivity contribution in [3.8, 4) is 11.5 Å². The molecule has 0 radical (unpaired) electrons. The molecule has 0 aromatic heterocycles. The van der Waals surface area contributed by atoms with Gasteiger partial charge in [0.05, 0.1) is 23.1 Å². The van der Waals surface area contributed by atoms with E-state index in [2.05, 4.69) is 31.2 Å². The highest BCUT2D eigenvalue weighted by atomic mass is 32.2. The molecule has 1 heterocycles. The maximum atomic E-state index is 12.8. The molecule has 3 aromatic carbocycles. The van der Waals surface area contributed by atoms with Crippen molar-refractivity contribution in [3.05, 3.63) is 89.0 Å². The van der Waals surface area contributed by atoms with Gasteiger partial charge in [-0.25, -0.2) is 23.4 Å². The Kier molecular flexibility index (Phi) is 13.2. The minimum atomic E-state index is -3.90. The van der Waals surface area contributed by atoms with E-state index >= 15 is 0 Å². The average Bonchev–Trinajstić information content (AvgIpc) is 3.10. The van der Waals surface area contributed by atoms with E-state index in [-0.39, 0.29) is 54.2 Å². The number of hydrazone groups is 1. The van der Waals surface area contributed by atoms with Crippen LogP contribution in [0.3, 0.4) is 0 Å². The lowest BCUT2D eigenvalue weighted by Gasteiger charge is -2.17. The number of Topliss-reactive ketones (excluding diaryl/α,β-unsaturated/α-hetero) is 1. The van der Waals surface area contributed by atoms with Crippen molar-refractivity contribution in [1.82, 2.24) is 26.1 Å². The molecule has 1 aliphatic rings. The van der Waals surface area contributed by atoms with Gasteiger partial charge in [0.25, 0.3) is 11.8 Å². The smallest absolute Gasteiger partial charge is 0.335 e. The summed E-state index contributed by atoms with van der Waals surface area (Å²) in [6.45, 7) is 4.78. The molecule has 4 rings (SSSR count). The van der Waals surface area contributed by atoms with Gasteiger partial charge >= 0.3 is 6.03 Å². The van der Waals surface area contributed by atoms with Crippen LogP contribution < -0.4 is 35.6 Å². The second-order valence-corrected chi connectivity index (χ2v) is 12.7. The van der Waals surface area contributed by atoms with Gasteiger partial charge in [0.15, 0.2) is 12.4 Å². The summed E-state index contributed by atoms with van der Waals surface area (Å²) in [5.41, 5.74) is 4.59. The molecule has 49 heavy (non-hydrogen) atoms. The summed E-state index contributed by atoms with van der Waals surface area (Å²) in [5, 5.41) is 12.1. The summed E-state index contributed by atoms with van der Waals surface area (Å²) < 4.78 is 39.0. The molecule has 260 valence electrons. The van der Waals surface area contributed by atoms with E-state index in [4.69, 9.17) is 9.47 Å². The van der Waals surface area contributed by atoms with Crippen molar-refractivity contribution in [1.29, 1.82) is 0 Å². The lowest BCUT2D eigenvalue weighted by Crippen LogP contribution is -2.37. The molecule has 1 aliphatic heterocycles. The zero-order valence-corrected chi connectivity index (χ0v) is 28.1. The Morgan fingerprint density at radius 3 is 2.43 bits per heavy atom. The molecule has 0 fully saturated rings. The van der Waals surface area contributed by atoms with Crippen LogP contribution in [0, 0.1) is 0 Å². The van der Waals surface area contributed by atoms with E-state index in [1.807, 2.05) is 26.0 Å². The number of hydrogen-bond acceptors (Lipinski definition) is 9. The van der Waals surface area contributed by atoms with Gasteiger partial charge in [0, 0.05) is 37.8 Å². The van der Waals surface area contributed by atoms with E-state index < -0.39 is 22.1 Å². The van der Waals surface area contributed by atoms with Crippen LogP contribution >= 0.6 is 0 Å². The molecule has 0 saturated carbocycles. The normalized spacial score (nSPS) is 13.1. The summed E-state index contributed by atoms with van der Waals surface area (Å²) in [7, 11) is -3.90. The van der Waals surface area contributed by atoms with Gasteiger partial charge in [0.1, 0.15) is 11.5 Å². The topological polar surface area (TPSA) is 193 Å². The number of nitrogens with one attached hydrogen (secondary N) is 5. The summed E-state index contributed by atoms with van der Waals surface area (Å²) in [4.78, 5) is 48.6. The largest absolute Gasteiger partial charge is 0.492 e. The molecule has 14 nitrogen and oxygen atoms in total.